The zero-order valence-electron chi connectivity index (χ0n) is 20.4. The second kappa shape index (κ2) is 10.4. The van der Waals surface area contributed by atoms with E-state index in [0.29, 0.717) is 43.1 Å². The van der Waals surface area contributed by atoms with Crippen LogP contribution < -0.4 is 4.72 Å². The number of nitrogens with zero attached hydrogens (tertiary/aromatic N) is 3. The van der Waals surface area contributed by atoms with Gasteiger partial charge >= 0.3 is 0 Å². The van der Waals surface area contributed by atoms with Gasteiger partial charge in [-0.2, -0.15) is 0 Å². The first-order valence-corrected chi connectivity index (χ1v) is 14.3. The Labute approximate surface area is 212 Å². The smallest absolute Gasteiger partial charge is 0.264 e. The summed E-state index contributed by atoms with van der Waals surface area (Å²) in [5.41, 5.74) is 2.28. The molecular formula is C27H32N4O4S. The molecular weight excluding hydrogens is 476 g/mol. The molecule has 0 radical (unpaired) electrons. The zero-order chi connectivity index (χ0) is 25.1. The number of aryl methyl sites for hydroxylation is 1. The Morgan fingerprint density at radius 3 is 2.31 bits per heavy atom. The van der Waals surface area contributed by atoms with Gasteiger partial charge in [-0.1, -0.05) is 31.4 Å². The van der Waals surface area contributed by atoms with E-state index in [0.717, 1.165) is 44.1 Å². The summed E-state index contributed by atoms with van der Waals surface area (Å²) in [6.45, 7) is 2.13. The van der Waals surface area contributed by atoms with Gasteiger partial charge in [0.1, 0.15) is 4.90 Å². The topological polar surface area (TPSA) is 99.1 Å². The minimum absolute atomic E-state index is 0.111. The Morgan fingerprint density at radius 2 is 1.58 bits per heavy atom. The van der Waals surface area contributed by atoms with Crippen LogP contribution in [0.3, 0.4) is 0 Å². The van der Waals surface area contributed by atoms with Crippen molar-refractivity contribution in [3.05, 3.63) is 53.6 Å². The predicted molar refractivity (Wildman–Crippen MR) is 139 cm³/mol. The number of carbonyl (C=O) groups is 2. The van der Waals surface area contributed by atoms with Crippen LogP contribution >= 0.6 is 0 Å². The molecule has 36 heavy (non-hydrogen) atoms. The average Bonchev–Trinajstić information content (AvgIpc) is 2.93. The number of aliphatic imine (C=N–C) groups is 1. The number of para-hydroxylation sites is 1. The molecule has 2 aromatic rings. The van der Waals surface area contributed by atoms with Gasteiger partial charge in [-0.25, -0.2) is 8.42 Å². The monoisotopic (exact) mass is 508 g/mol. The van der Waals surface area contributed by atoms with Crippen LogP contribution in [0.15, 0.2) is 52.4 Å². The van der Waals surface area contributed by atoms with Gasteiger partial charge in [0.05, 0.1) is 5.69 Å². The quantitative estimate of drug-likeness (QED) is 0.660. The number of hydrogen-bond acceptors (Lipinski definition) is 5. The van der Waals surface area contributed by atoms with Crippen LogP contribution in [0.5, 0.6) is 0 Å². The fraction of sp³-hybridized carbons (Fsp3) is 0.444. The van der Waals surface area contributed by atoms with Crippen molar-refractivity contribution in [1.82, 2.24) is 9.80 Å². The number of rotatable bonds is 5. The highest BCUT2D eigenvalue weighted by atomic mass is 32.2. The summed E-state index contributed by atoms with van der Waals surface area (Å²) >= 11 is 0. The second-order valence-corrected chi connectivity index (χ2v) is 11.4. The van der Waals surface area contributed by atoms with Crippen LogP contribution in [0.25, 0.3) is 0 Å². The molecule has 3 aliphatic rings. The maximum absolute atomic E-state index is 13.0. The first-order chi connectivity index (χ1) is 17.4. The molecule has 1 saturated heterocycles. The lowest BCUT2D eigenvalue weighted by molar-refractivity contribution is -0.138. The van der Waals surface area contributed by atoms with Crippen LogP contribution in [0.2, 0.25) is 0 Å². The maximum atomic E-state index is 13.0. The van der Waals surface area contributed by atoms with Gasteiger partial charge in [0.2, 0.25) is 5.91 Å². The standard InChI is InChI=1S/C27H32N4O4S/c32-26(21-6-2-1-3-7-21)30-16-18-31(19-17-30)27(33)22-11-13-23(14-12-22)29-36(34,35)24-10-4-8-20-9-5-15-28-25(20)24/h4,8,10-15,21,29H,1-3,5-7,9,16-19H2. The molecule has 0 atom stereocenters. The molecule has 8 nitrogen and oxygen atoms in total. The number of fused-ring (bicyclic) bond motifs is 1. The molecule has 1 N–H and O–H groups in total. The van der Waals surface area contributed by atoms with Gasteiger partial charge in [0.15, 0.2) is 0 Å². The van der Waals surface area contributed by atoms with Crippen LogP contribution in [0.4, 0.5) is 11.4 Å². The number of carbonyl (C=O) groups excluding carboxylic acids is 2. The van der Waals surface area contributed by atoms with Gasteiger partial charge in [-0.3, -0.25) is 19.3 Å². The molecule has 0 aromatic heterocycles. The summed E-state index contributed by atoms with van der Waals surface area (Å²) < 4.78 is 28.7. The largest absolute Gasteiger partial charge is 0.339 e. The highest BCUT2D eigenvalue weighted by Gasteiger charge is 2.30. The molecule has 5 rings (SSSR count). The number of nitrogens with one attached hydrogen (secondary N) is 1. The van der Waals surface area contributed by atoms with Crippen molar-refractivity contribution in [1.29, 1.82) is 0 Å². The van der Waals surface area contributed by atoms with Crippen molar-refractivity contribution < 1.29 is 18.0 Å². The Kier molecular flexibility index (Phi) is 7.09. The minimum atomic E-state index is -3.83. The Bertz CT molecular complexity index is 1260. The van der Waals surface area contributed by atoms with E-state index >= 15 is 0 Å². The fourth-order valence-electron chi connectivity index (χ4n) is 5.32. The van der Waals surface area contributed by atoms with Gasteiger partial charge in [-0.05, 0) is 61.6 Å². The summed E-state index contributed by atoms with van der Waals surface area (Å²) in [6.07, 6.45) is 8.74. The lowest BCUT2D eigenvalue weighted by atomic mass is 9.88. The number of hydrogen-bond donors (Lipinski definition) is 1. The zero-order valence-corrected chi connectivity index (χ0v) is 21.2. The number of benzene rings is 2. The highest BCUT2D eigenvalue weighted by molar-refractivity contribution is 7.92. The van der Waals surface area contributed by atoms with E-state index in [1.54, 1.807) is 47.5 Å². The van der Waals surface area contributed by atoms with Crippen molar-refractivity contribution in [2.75, 3.05) is 30.9 Å². The van der Waals surface area contributed by atoms with E-state index in [1.807, 2.05) is 11.0 Å². The maximum Gasteiger partial charge on any atom is 0.264 e. The molecule has 1 aliphatic carbocycles. The van der Waals surface area contributed by atoms with Crippen molar-refractivity contribution in [3.8, 4) is 0 Å². The third kappa shape index (κ3) is 5.16. The number of sulfonamides is 1. The summed E-state index contributed by atoms with van der Waals surface area (Å²) in [4.78, 5) is 33.9. The molecule has 2 aromatic carbocycles. The number of anilines is 1. The van der Waals surface area contributed by atoms with Crippen LogP contribution in [-0.4, -0.2) is 62.4 Å². The first kappa shape index (κ1) is 24.5. The SMILES string of the molecule is O=C(c1ccc(NS(=O)(=O)c2cccc3c2N=CCC3)cc1)N1CCN(C(=O)C2CCCCC2)CC1. The number of piperazine rings is 1. The number of amides is 2. The van der Waals surface area contributed by atoms with E-state index in [-0.39, 0.29) is 22.6 Å². The van der Waals surface area contributed by atoms with Gasteiger partial charge < -0.3 is 9.80 Å². The third-order valence-electron chi connectivity index (χ3n) is 7.35. The molecule has 0 bridgehead atoms. The van der Waals surface area contributed by atoms with Crippen molar-refractivity contribution in [3.63, 3.8) is 0 Å². The predicted octanol–water partition coefficient (Wildman–Crippen LogP) is 4.00. The second-order valence-electron chi connectivity index (χ2n) is 9.75. The van der Waals surface area contributed by atoms with Gasteiger partial charge in [-0.15, -0.1) is 0 Å². The molecule has 2 heterocycles. The van der Waals surface area contributed by atoms with E-state index in [1.165, 1.54) is 6.42 Å². The molecule has 9 heteroatoms. The summed E-state index contributed by atoms with van der Waals surface area (Å²) in [5, 5.41) is 0. The van der Waals surface area contributed by atoms with Crippen LogP contribution in [-0.2, 0) is 21.2 Å². The summed E-state index contributed by atoms with van der Waals surface area (Å²) in [7, 11) is -3.83. The third-order valence-corrected chi connectivity index (χ3v) is 8.77. The van der Waals surface area contributed by atoms with Gasteiger partial charge in [0.25, 0.3) is 15.9 Å². The lowest BCUT2D eigenvalue weighted by Crippen LogP contribution is -2.52. The highest BCUT2D eigenvalue weighted by Crippen LogP contribution is 2.32. The molecule has 190 valence electrons. The summed E-state index contributed by atoms with van der Waals surface area (Å²) in [5.74, 6) is 0.273. The lowest BCUT2D eigenvalue weighted by Gasteiger charge is -2.37. The molecule has 2 aliphatic heterocycles. The van der Waals surface area contributed by atoms with Crippen molar-refractivity contribution >= 4 is 39.4 Å². The van der Waals surface area contributed by atoms with Crippen molar-refractivity contribution in [2.24, 2.45) is 10.9 Å². The molecule has 1 saturated carbocycles. The summed E-state index contributed by atoms with van der Waals surface area (Å²) in [6, 6.07) is 11.7. The van der Waals surface area contributed by atoms with Crippen LogP contribution in [0.1, 0.15) is 54.4 Å². The fourth-order valence-corrected chi connectivity index (χ4v) is 6.57. The van der Waals surface area contributed by atoms with E-state index in [9.17, 15) is 18.0 Å². The van der Waals surface area contributed by atoms with Crippen molar-refractivity contribution in [2.45, 2.75) is 49.8 Å². The van der Waals surface area contributed by atoms with E-state index in [4.69, 9.17) is 0 Å². The van der Waals surface area contributed by atoms with Gasteiger partial charge in [0, 0.05) is 49.6 Å². The molecule has 2 fully saturated rings. The van der Waals surface area contributed by atoms with Crippen LogP contribution in [0, 0.1) is 5.92 Å². The molecule has 0 unspecified atom stereocenters. The normalized spacial score (nSPS) is 18.6. The minimum Gasteiger partial charge on any atom is -0.339 e. The van der Waals surface area contributed by atoms with E-state index < -0.39 is 10.0 Å². The average molecular weight is 509 g/mol. The molecule has 0 spiro atoms. The Hall–Kier alpha value is -3.20. The Morgan fingerprint density at radius 1 is 0.889 bits per heavy atom. The molecule has 2 amide bonds. The first-order valence-electron chi connectivity index (χ1n) is 12.8. The Balaban J connectivity index is 1.20. The van der Waals surface area contributed by atoms with E-state index in [2.05, 4.69) is 9.71 Å².